The summed E-state index contributed by atoms with van der Waals surface area (Å²) < 4.78 is 5.47. The first kappa shape index (κ1) is 15.1. The van der Waals surface area contributed by atoms with Crippen molar-refractivity contribution in [2.24, 2.45) is 5.73 Å². The Bertz CT molecular complexity index is 835. The summed E-state index contributed by atoms with van der Waals surface area (Å²) in [5.74, 6) is 0.148. The maximum absolute atomic E-state index is 12.5. The number of ketones is 1. The Balaban J connectivity index is 1.95. The normalized spacial score (nSPS) is 16.3. The molecule has 1 aliphatic heterocycles. The molecule has 0 fully saturated rings. The lowest BCUT2D eigenvalue weighted by Crippen LogP contribution is -2.22. The SMILES string of the molecule is N#CC1=C(N)Oc2ccccc2C1CC(=O)c1ccc(Cl)cc1. The van der Waals surface area contributed by atoms with Crippen LogP contribution in [0.3, 0.4) is 0 Å². The molecule has 1 aliphatic rings. The summed E-state index contributed by atoms with van der Waals surface area (Å²) in [6.45, 7) is 0. The highest BCUT2D eigenvalue weighted by Gasteiger charge is 2.30. The van der Waals surface area contributed by atoms with Gasteiger partial charge in [-0.25, -0.2) is 0 Å². The number of benzene rings is 2. The summed E-state index contributed by atoms with van der Waals surface area (Å²) >= 11 is 5.85. The van der Waals surface area contributed by atoms with E-state index in [2.05, 4.69) is 6.07 Å². The molecule has 2 N–H and O–H groups in total. The summed E-state index contributed by atoms with van der Waals surface area (Å²) in [6.07, 6.45) is 0.144. The van der Waals surface area contributed by atoms with Gasteiger partial charge in [-0.1, -0.05) is 29.8 Å². The lowest BCUT2D eigenvalue weighted by atomic mass is 9.84. The largest absolute Gasteiger partial charge is 0.440 e. The van der Waals surface area contributed by atoms with Crippen LogP contribution in [-0.2, 0) is 0 Å². The highest BCUT2D eigenvalue weighted by Crippen LogP contribution is 2.40. The van der Waals surface area contributed by atoms with Gasteiger partial charge in [-0.05, 0) is 30.3 Å². The predicted molar refractivity (Wildman–Crippen MR) is 87.0 cm³/mol. The average molecular weight is 325 g/mol. The molecule has 1 atom stereocenters. The number of carbonyl (C=O) groups excluding carboxylic acids is 1. The summed E-state index contributed by atoms with van der Waals surface area (Å²) in [6, 6.07) is 16.0. The van der Waals surface area contributed by atoms with E-state index in [0.717, 1.165) is 5.56 Å². The fraction of sp³-hybridized carbons (Fsp3) is 0.111. The van der Waals surface area contributed by atoms with Crippen molar-refractivity contribution in [3.63, 3.8) is 0 Å². The molecule has 4 nitrogen and oxygen atoms in total. The van der Waals surface area contributed by atoms with E-state index in [0.29, 0.717) is 16.3 Å². The number of hydrogen-bond acceptors (Lipinski definition) is 4. The maximum atomic E-state index is 12.5. The molecule has 0 aliphatic carbocycles. The van der Waals surface area contributed by atoms with Crippen molar-refractivity contribution < 1.29 is 9.53 Å². The minimum atomic E-state index is -0.409. The van der Waals surface area contributed by atoms with Gasteiger partial charge in [0.2, 0.25) is 5.88 Å². The number of nitriles is 1. The number of rotatable bonds is 3. The Morgan fingerprint density at radius 3 is 2.61 bits per heavy atom. The first-order valence-electron chi connectivity index (χ1n) is 7.05. The van der Waals surface area contributed by atoms with Gasteiger partial charge in [-0.15, -0.1) is 0 Å². The number of nitrogens with zero attached hydrogens (tertiary/aromatic N) is 1. The number of ether oxygens (including phenoxy) is 1. The van der Waals surface area contributed by atoms with Crippen LogP contribution < -0.4 is 10.5 Å². The second-order valence-corrected chi connectivity index (χ2v) is 5.65. The van der Waals surface area contributed by atoms with Crippen LogP contribution in [-0.4, -0.2) is 5.78 Å². The lowest BCUT2D eigenvalue weighted by Gasteiger charge is -2.25. The molecule has 0 radical (unpaired) electrons. The Morgan fingerprint density at radius 2 is 1.91 bits per heavy atom. The van der Waals surface area contributed by atoms with E-state index in [9.17, 15) is 10.1 Å². The van der Waals surface area contributed by atoms with E-state index in [4.69, 9.17) is 22.1 Å². The molecule has 0 aromatic heterocycles. The number of para-hydroxylation sites is 1. The van der Waals surface area contributed by atoms with Gasteiger partial charge in [-0.3, -0.25) is 4.79 Å². The van der Waals surface area contributed by atoms with E-state index >= 15 is 0 Å². The standard InChI is InChI=1S/C18H13ClN2O2/c19-12-7-5-11(6-8-12)16(22)9-14-13-3-1-2-4-17(13)23-18(21)15(14)10-20/h1-8,14H,9,21H2. The minimum absolute atomic E-state index is 0.0557. The van der Waals surface area contributed by atoms with Crippen LogP contribution in [0.4, 0.5) is 0 Å². The van der Waals surface area contributed by atoms with Gasteiger partial charge in [0.15, 0.2) is 5.78 Å². The van der Waals surface area contributed by atoms with Crippen LogP contribution in [0.2, 0.25) is 5.02 Å². The number of halogens is 1. The zero-order chi connectivity index (χ0) is 16.4. The molecule has 1 unspecified atom stereocenters. The van der Waals surface area contributed by atoms with Crippen LogP contribution in [0.5, 0.6) is 5.75 Å². The molecule has 1 heterocycles. The van der Waals surface area contributed by atoms with Crippen molar-refractivity contribution in [1.29, 1.82) is 5.26 Å². The zero-order valence-corrected chi connectivity index (χ0v) is 12.9. The average Bonchev–Trinajstić information content (AvgIpc) is 2.55. The Kier molecular flexibility index (Phi) is 4.05. The van der Waals surface area contributed by atoms with E-state index in [1.165, 1.54) is 0 Å². The molecule has 114 valence electrons. The number of hydrogen-bond donors (Lipinski definition) is 1. The van der Waals surface area contributed by atoms with Crippen molar-refractivity contribution in [2.45, 2.75) is 12.3 Å². The van der Waals surface area contributed by atoms with Crippen molar-refractivity contribution >= 4 is 17.4 Å². The van der Waals surface area contributed by atoms with E-state index < -0.39 is 5.92 Å². The fourth-order valence-electron chi connectivity index (χ4n) is 2.65. The van der Waals surface area contributed by atoms with E-state index in [1.54, 1.807) is 30.3 Å². The van der Waals surface area contributed by atoms with Crippen LogP contribution in [0.15, 0.2) is 60.0 Å². The van der Waals surface area contributed by atoms with E-state index in [1.807, 2.05) is 18.2 Å². The fourth-order valence-corrected chi connectivity index (χ4v) is 2.77. The third-order valence-corrected chi connectivity index (χ3v) is 4.06. The third kappa shape index (κ3) is 2.92. The summed E-state index contributed by atoms with van der Waals surface area (Å²) in [7, 11) is 0. The number of fused-ring (bicyclic) bond motifs is 1. The second-order valence-electron chi connectivity index (χ2n) is 5.22. The number of Topliss-reactive ketones (excluding diaryl/α,β-unsaturated/α-hetero) is 1. The van der Waals surface area contributed by atoms with Crippen molar-refractivity contribution in [3.8, 4) is 11.8 Å². The molecule has 2 aromatic carbocycles. The third-order valence-electron chi connectivity index (χ3n) is 3.80. The molecule has 0 spiro atoms. The summed E-state index contributed by atoms with van der Waals surface area (Å²) in [4.78, 5) is 12.5. The molecule has 2 aromatic rings. The van der Waals surface area contributed by atoms with Gasteiger partial charge >= 0.3 is 0 Å². The van der Waals surface area contributed by atoms with Crippen molar-refractivity contribution in [2.75, 3.05) is 0 Å². The molecule has 0 saturated heterocycles. The summed E-state index contributed by atoms with van der Waals surface area (Å²) in [5, 5.41) is 9.95. The predicted octanol–water partition coefficient (Wildman–Crippen LogP) is 3.78. The van der Waals surface area contributed by atoms with Crippen LogP contribution in [0, 0.1) is 11.3 Å². The molecule has 23 heavy (non-hydrogen) atoms. The first-order valence-corrected chi connectivity index (χ1v) is 7.43. The lowest BCUT2D eigenvalue weighted by molar-refractivity contribution is 0.0976. The second kappa shape index (κ2) is 6.15. The van der Waals surface area contributed by atoms with Gasteiger partial charge in [0.1, 0.15) is 11.8 Å². The van der Waals surface area contributed by atoms with Crippen LogP contribution in [0.1, 0.15) is 28.3 Å². The van der Waals surface area contributed by atoms with E-state index in [-0.39, 0.29) is 23.7 Å². The zero-order valence-electron chi connectivity index (χ0n) is 12.1. The number of carbonyl (C=O) groups is 1. The highest BCUT2D eigenvalue weighted by atomic mass is 35.5. The van der Waals surface area contributed by atoms with Crippen molar-refractivity contribution in [3.05, 3.63) is 76.1 Å². The Hall–Kier alpha value is -2.77. The van der Waals surface area contributed by atoms with Gasteiger partial charge < -0.3 is 10.5 Å². The molecule has 5 heteroatoms. The number of allylic oxidation sites excluding steroid dienone is 1. The van der Waals surface area contributed by atoms with Gasteiger partial charge in [0.05, 0.1) is 5.57 Å². The first-order chi connectivity index (χ1) is 11.1. The molecular formula is C18H13ClN2O2. The van der Waals surface area contributed by atoms with Crippen LogP contribution in [0.25, 0.3) is 0 Å². The highest BCUT2D eigenvalue weighted by molar-refractivity contribution is 6.30. The summed E-state index contributed by atoms with van der Waals surface area (Å²) in [5.41, 5.74) is 7.46. The maximum Gasteiger partial charge on any atom is 0.205 e. The topological polar surface area (TPSA) is 76.1 Å². The monoisotopic (exact) mass is 324 g/mol. The smallest absolute Gasteiger partial charge is 0.205 e. The van der Waals surface area contributed by atoms with Crippen LogP contribution >= 0.6 is 11.6 Å². The Morgan fingerprint density at radius 1 is 1.22 bits per heavy atom. The van der Waals surface area contributed by atoms with Gasteiger partial charge in [0.25, 0.3) is 0 Å². The molecule has 0 saturated carbocycles. The molecule has 0 amide bonds. The van der Waals surface area contributed by atoms with Gasteiger partial charge in [0, 0.05) is 28.5 Å². The molecule has 0 bridgehead atoms. The molecule has 3 rings (SSSR count). The minimum Gasteiger partial charge on any atom is -0.440 e. The number of nitrogens with two attached hydrogens (primary N) is 1. The van der Waals surface area contributed by atoms with Gasteiger partial charge in [-0.2, -0.15) is 5.26 Å². The Labute approximate surface area is 138 Å². The van der Waals surface area contributed by atoms with Crippen molar-refractivity contribution in [1.82, 2.24) is 0 Å². The molecular weight excluding hydrogens is 312 g/mol. The quantitative estimate of drug-likeness (QED) is 0.872.